The minimum atomic E-state index is 0.104. The topological polar surface area (TPSA) is 33.1 Å². The molecule has 1 aromatic rings. The molecule has 0 fully saturated rings. The van der Waals surface area contributed by atoms with E-state index in [0.29, 0.717) is 6.04 Å². The van der Waals surface area contributed by atoms with Crippen LogP contribution in [-0.4, -0.2) is 47.4 Å². The van der Waals surface area contributed by atoms with Crippen LogP contribution in [0.3, 0.4) is 0 Å². The van der Waals surface area contributed by atoms with Crippen LogP contribution in [0.4, 0.5) is 0 Å². The molecule has 0 aliphatic rings. The fourth-order valence-electron chi connectivity index (χ4n) is 2.08. The van der Waals surface area contributed by atoms with Crippen molar-refractivity contribution in [3.8, 4) is 0 Å². The van der Waals surface area contributed by atoms with Crippen LogP contribution in [0, 0.1) is 6.92 Å². The number of hydrogen-bond acceptors (Lipinski definition) is 3. The Bertz CT molecular complexity index is 365. The van der Waals surface area contributed by atoms with Gasteiger partial charge in [-0.05, 0) is 48.0 Å². The van der Waals surface area contributed by atoms with Crippen LogP contribution in [0.25, 0.3) is 0 Å². The highest BCUT2D eigenvalue weighted by molar-refractivity contribution is 5.12. The lowest BCUT2D eigenvalue weighted by Gasteiger charge is -2.40. The van der Waals surface area contributed by atoms with E-state index >= 15 is 0 Å². The maximum atomic E-state index is 4.40. The number of rotatable bonds is 5. The Morgan fingerprint density at radius 1 is 1.47 bits per heavy atom. The molecule has 0 saturated carbocycles. The van der Waals surface area contributed by atoms with Crippen molar-refractivity contribution < 1.29 is 0 Å². The van der Waals surface area contributed by atoms with Crippen molar-refractivity contribution in [2.75, 3.05) is 21.1 Å². The van der Waals surface area contributed by atoms with E-state index in [1.165, 1.54) is 5.69 Å². The molecular formula is C13H26N4. The molecule has 98 valence electrons. The summed E-state index contributed by atoms with van der Waals surface area (Å²) in [5.41, 5.74) is 2.46. The van der Waals surface area contributed by atoms with Crippen LogP contribution in [-0.2, 0) is 13.5 Å². The molecule has 0 radical (unpaired) electrons. The summed E-state index contributed by atoms with van der Waals surface area (Å²) < 4.78 is 1.98. The Morgan fingerprint density at radius 2 is 2.06 bits per heavy atom. The predicted octanol–water partition coefficient (Wildman–Crippen LogP) is 1.20. The fourth-order valence-corrected chi connectivity index (χ4v) is 2.08. The second kappa shape index (κ2) is 5.19. The standard InChI is InChI=1S/C13H26N4/c1-10-8-11(17(7)15-10)9-12(14-4)13(2,3)16(5)6/h8,12,14H,9H2,1-7H3. The summed E-state index contributed by atoms with van der Waals surface area (Å²) in [5, 5.41) is 7.83. The lowest BCUT2D eigenvalue weighted by molar-refractivity contribution is 0.140. The highest BCUT2D eigenvalue weighted by Gasteiger charge is 2.31. The Labute approximate surface area is 105 Å². The van der Waals surface area contributed by atoms with Crippen molar-refractivity contribution in [3.05, 3.63) is 17.5 Å². The van der Waals surface area contributed by atoms with Gasteiger partial charge in [0.05, 0.1) is 5.69 Å². The largest absolute Gasteiger partial charge is 0.315 e. The van der Waals surface area contributed by atoms with E-state index in [0.717, 1.165) is 12.1 Å². The van der Waals surface area contributed by atoms with Crippen LogP contribution < -0.4 is 5.32 Å². The maximum absolute atomic E-state index is 4.40. The first-order valence-corrected chi connectivity index (χ1v) is 6.13. The van der Waals surface area contributed by atoms with E-state index in [1.54, 1.807) is 0 Å². The average Bonchev–Trinajstić information content (AvgIpc) is 2.53. The quantitative estimate of drug-likeness (QED) is 0.837. The van der Waals surface area contributed by atoms with Crippen molar-refractivity contribution in [2.24, 2.45) is 7.05 Å². The number of aryl methyl sites for hydroxylation is 2. The summed E-state index contributed by atoms with van der Waals surface area (Å²) in [5.74, 6) is 0. The smallest absolute Gasteiger partial charge is 0.0596 e. The monoisotopic (exact) mass is 238 g/mol. The molecule has 1 N–H and O–H groups in total. The molecule has 1 aromatic heterocycles. The van der Waals surface area contributed by atoms with E-state index in [-0.39, 0.29) is 5.54 Å². The molecule has 0 saturated heterocycles. The minimum Gasteiger partial charge on any atom is -0.315 e. The third-order valence-electron chi connectivity index (χ3n) is 3.87. The van der Waals surface area contributed by atoms with Crippen LogP contribution in [0.1, 0.15) is 25.2 Å². The zero-order valence-corrected chi connectivity index (χ0v) is 12.2. The normalized spacial score (nSPS) is 14.4. The molecule has 0 aliphatic carbocycles. The van der Waals surface area contributed by atoms with Gasteiger partial charge in [0.25, 0.3) is 0 Å². The number of likely N-dealkylation sites (N-methyl/N-ethyl adjacent to an activating group) is 2. The molecule has 0 aromatic carbocycles. The molecule has 4 heteroatoms. The number of nitrogens with zero attached hydrogens (tertiary/aromatic N) is 3. The molecule has 0 spiro atoms. The van der Waals surface area contributed by atoms with Crippen LogP contribution in [0.2, 0.25) is 0 Å². The van der Waals surface area contributed by atoms with Gasteiger partial charge in [0.15, 0.2) is 0 Å². The van der Waals surface area contributed by atoms with Gasteiger partial charge in [-0.2, -0.15) is 5.10 Å². The van der Waals surface area contributed by atoms with Gasteiger partial charge < -0.3 is 10.2 Å². The second-order valence-electron chi connectivity index (χ2n) is 5.49. The molecule has 17 heavy (non-hydrogen) atoms. The zero-order chi connectivity index (χ0) is 13.2. The van der Waals surface area contributed by atoms with E-state index in [1.807, 2.05) is 25.7 Å². The SMILES string of the molecule is CNC(Cc1cc(C)nn1C)C(C)(C)N(C)C. The molecule has 0 amide bonds. The molecular weight excluding hydrogens is 212 g/mol. The van der Waals surface area contributed by atoms with E-state index in [2.05, 4.69) is 49.3 Å². The van der Waals surface area contributed by atoms with Gasteiger partial charge in [0, 0.05) is 30.7 Å². The van der Waals surface area contributed by atoms with E-state index < -0.39 is 0 Å². The van der Waals surface area contributed by atoms with Gasteiger partial charge in [-0.25, -0.2) is 0 Å². The lowest BCUT2D eigenvalue weighted by Crippen LogP contribution is -2.55. The number of hydrogen-bond donors (Lipinski definition) is 1. The first-order valence-electron chi connectivity index (χ1n) is 6.13. The Balaban J connectivity index is 2.87. The van der Waals surface area contributed by atoms with Crippen molar-refractivity contribution in [1.29, 1.82) is 0 Å². The van der Waals surface area contributed by atoms with E-state index in [9.17, 15) is 0 Å². The molecule has 1 heterocycles. The van der Waals surface area contributed by atoms with Gasteiger partial charge in [-0.1, -0.05) is 0 Å². The van der Waals surface area contributed by atoms with Crippen molar-refractivity contribution >= 4 is 0 Å². The van der Waals surface area contributed by atoms with E-state index in [4.69, 9.17) is 0 Å². The van der Waals surface area contributed by atoms with Crippen molar-refractivity contribution in [2.45, 2.75) is 38.8 Å². The maximum Gasteiger partial charge on any atom is 0.0596 e. The van der Waals surface area contributed by atoms with Crippen molar-refractivity contribution in [1.82, 2.24) is 20.0 Å². The number of nitrogens with one attached hydrogen (secondary N) is 1. The van der Waals surface area contributed by atoms with Crippen LogP contribution in [0.5, 0.6) is 0 Å². The van der Waals surface area contributed by atoms with Crippen LogP contribution >= 0.6 is 0 Å². The average molecular weight is 238 g/mol. The van der Waals surface area contributed by atoms with Gasteiger partial charge in [0.2, 0.25) is 0 Å². The first-order chi connectivity index (χ1) is 7.78. The Kier molecular flexibility index (Phi) is 4.33. The predicted molar refractivity (Wildman–Crippen MR) is 72.3 cm³/mol. The summed E-state index contributed by atoms with van der Waals surface area (Å²) in [6.45, 7) is 6.56. The summed E-state index contributed by atoms with van der Waals surface area (Å²) in [6.07, 6.45) is 0.985. The third kappa shape index (κ3) is 3.07. The second-order valence-corrected chi connectivity index (χ2v) is 5.49. The summed E-state index contributed by atoms with van der Waals surface area (Å²) in [7, 11) is 8.29. The zero-order valence-electron chi connectivity index (χ0n) is 12.2. The van der Waals surface area contributed by atoms with Crippen molar-refractivity contribution in [3.63, 3.8) is 0 Å². The summed E-state index contributed by atoms with van der Waals surface area (Å²) in [4.78, 5) is 2.26. The molecule has 0 bridgehead atoms. The molecule has 4 nitrogen and oxygen atoms in total. The number of aromatic nitrogens is 2. The third-order valence-corrected chi connectivity index (χ3v) is 3.87. The minimum absolute atomic E-state index is 0.104. The van der Waals surface area contributed by atoms with Gasteiger partial charge in [-0.15, -0.1) is 0 Å². The fraction of sp³-hybridized carbons (Fsp3) is 0.769. The first kappa shape index (κ1) is 14.2. The molecule has 0 aliphatic heterocycles. The molecule has 1 rings (SSSR count). The van der Waals surface area contributed by atoms with Gasteiger partial charge in [-0.3, -0.25) is 4.68 Å². The highest BCUT2D eigenvalue weighted by atomic mass is 15.3. The Hall–Kier alpha value is -0.870. The Morgan fingerprint density at radius 3 is 2.41 bits per heavy atom. The molecule has 1 atom stereocenters. The highest BCUT2D eigenvalue weighted by Crippen LogP contribution is 2.19. The van der Waals surface area contributed by atoms with Gasteiger partial charge in [0.1, 0.15) is 0 Å². The summed E-state index contributed by atoms with van der Waals surface area (Å²) in [6, 6.07) is 2.56. The lowest BCUT2D eigenvalue weighted by atomic mass is 9.89. The summed E-state index contributed by atoms with van der Waals surface area (Å²) >= 11 is 0. The molecule has 1 unspecified atom stereocenters. The van der Waals surface area contributed by atoms with Crippen LogP contribution in [0.15, 0.2) is 6.07 Å². The van der Waals surface area contributed by atoms with Gasteiger partial charge >= 0.3 is 0 Å².